The van der Waals surface area contributed by atoms with Crippen LogP contribution < -0.4 is 19.5 Å². The van der Waals surface area contributed by atoms with E-state index in [2.05, 4.69) is 50.3 Å². The number of hydrogen-bond donors (Lipinski definition) is 2. The van der Waals surface area contributed by atoms with Crippen molar-refractivity contribution in [2.45, 2.75) is 43.9 Å². The Morgan fingerprint density at radius 3 is 2.37 bits per heavy atom. The molecular weight excluding hydrogens is 686 g/mol. The number of fused-ring (bicyclic) bond motifs is 4. The summed E-state index contributed by atoms with van der Waals surface area (Å²) in [6.45, 7) is 0.0515. The molecule has 9 rings (SSSR count). The molecule has 54 heavy (non-hydrogen) atoms. The van der Waals surface area contributed by atoms with E-state index in [-0.39, 0.29) is 42.8 Å². The number of ether oxygens (including phenoxy) is 3. The highest BCUT2D eigenvalue weighted by molar-refractivity contribution is 6.23. The fourth-order valence-corrected chi connectivity index (χ4v) is 7.03. The Bertz CT molecular complexity index is 2550. The highest BCUT2D eigenvalue weighted by Crippen LogP contribution is 2.33. The normalized spacial score (nSPS) is 19.2. The van der Waals surface area contributed by atoms with Gasteiger partial charge in [0, 0.05) is 76.9 Å². The van der Waals surface area contributed by atoms with Gasteiger partial charge in [-0.25, -0.2) is 4.98 Å². The highest BCUT2D eigenvalue weighted by atomic mass is 16.5. The van der Waals surface area contributed by atoms with Gasteiger partial charge in [-0.3, -0.25) is 34.4 Å². The van der Waals surface area contributed by atoms with Crippen LogP contribution in [0, 0.1) is 11.8 Å². The Morgan fingerprint density at radius 2 is 1.56 bits per heavy atom. The molecule has 3 aliphatic rings. The van der Waals surface area contributed by atoms with E-state index in [1.165, 1.54) is 12.1 Å². The molecule has 3 aromatic heterocycles. The zero-order chi connectivity index (χ0) is 36.8. The van der Waals surface area contributed by atoms with Crippen LogP contribution in [0.1, 0.15) is 52.0 Å². The predicted octanol–water partition coefficient (Wildman–Crippen LogP) is 5.60. The van der Waals surface area contributed by atoms with E-state index in [9.17, 15) is 19.2 Å². The molecule has 12 nitrogen and oxygen atoms in total. The highest BCUT2D eigenvalue weighted by Gasteiger charge is 2.44. The molecule has 0 spiro atoms. The molecule has 1 aliphatic carbocycles. The second kappa shape index (κ2) is 13.5. The number of nitrogens with zero attached hydrogens (tertiary/aromatic N) is 3. The van der Waals surface area contributed by atoms with Crippen LogP contribution in [0.2, 0.25) is 0 Å². The van der Waals surface area contributed by atoms with Crippen molar-refractivity contribution in [3.8, 4) is 40.3 Å². The number of benzene rings is 3. The maximum absolute atomic E-state index is 13.0. The zero-order valence-electron chi connectivity index (χ0n) is 28.7. The summed E-state index contributed by atoms with van der Waals surface area (Å²) in [5.74, 6) is 5.47. The van der Waals surface area contributed by atoms with Crippen molar-refractivity contribution in [2.24, 2.45) is 0 Å². The molecule has 1 saturated heterocycles. The summed E-state index contributed by atoms with van der Waals surface area (Å²) in [7, 11) is 0. The third kappa shape index (κ3) is 6.26. The third-order valence-corrected chi connectivity index (χ3v) is 9.92. The maximum atomic E-state index is 13.0. The monoisotopic (exact) mass is 717 g/mol. The van der Waals surface area contributed by atoms with Gasteiger partial charge >= 0.3 is 0 Å². The largest absolute Gasteiger partial charge is 0.490 e. The molecule has 2 fully saturated rings. The van der Waals surface area contributed by atoms with E-state index < -0.39 is 29.7 Å². The minimum atomic E-state index is -1.02. The smallest absolute Gasteiger partial charge is 0.262 e. The molecule has 6 aromatic rings. The topological polar surface area (TPSA) is 153 Å². The zero-order valence-corrected chi connectivity index (χ0v) is 28.7. The van der Waals surface area contributed by atoms with Crippen LogP contribution in [0.5, 0.6) is 17.4 Å². The lowest BCUT2D eigenvalue weighted by molar-refractivity contribution is -0.136. The first-order chi connectivity index (χ1) is 26.4. The van der Waals surface area contributed by atoms with Gasteiger partial charge in [0.25, 0.3) is 11.8 Å². The van der Waals surface area contributed by atoms with Gasteiger partial charge in [-0.15, -0.1) is 0 Å². The number of carbonyl (C=O) groups excluding carboxylic acids is 4. The summed E-state index contributed by atoms with van der Waals surface area (Å²) in [5.41, 5.74) is 5.31. The quantitative estimate of drug-likeness (QED) is 0.151. The van der Waals surface area contributed by atoms with Crippen molar-refractivity contribution in [1.29, 1.82) is 0 Å². The molecule has 1 atom stereocenters. The van der Waals surface area contributed by atoms with E-state index >= 15 is 0 Å². The van der Waals surface area contributed by atoms with Crippen LogP contribution in [-0.4, -0.2) is 68.3 Å². The number of nitrogens with one attached hydrogen (secondary N) is 2. The summed E-state index contributed by atoms with van der Waals surface area (Å²) < 4.78 is 18.0. The molecule has 2 N–H and O–H groups in total. The molecule has 266 valence electrons. The van der Waals surface area contributed by atoms with Crippen LogP contribution in [0.3, 0.4) is 0 Å². The Kier molecular flexibility index (Phi) is 8.23. The number of amides is 4. The fourth-order valence-electron chi connectivity index (χ4n) is 7.03. The van der Waals surface area contributed by atoms with E-state index in [0.717, 1.165) is 62.0 Å². The Morgan fingerprint density at radius 1 is 0.759 bits per heavy atom. The summed E-state index contributed by atoms with van der Waals surface area (Å²) in [6, 6.07) is 23.3. The van der Waals surface area contributed by atoms with Gasteiger partial charge in [0.05, 0.1) is 11.1 Å². The Balaban J connectivity index is 0.733. The van der Waals surface area contributed by atoms with Crippen LogP contribution in [0.4, 0.5) is 0 Å². The Labute approximate surface area is 308 Å². The molecule has 4 amide bonds. The number of pyridine rings is 2. The maximum Gasteiger partial charge on any atom is 0.262 e. The molecule has 0 radical (unpaired) electrons. The first kappa shape index (κ1) is 32.9. The number of imide groups is 2. The van der Waals surface area contributed by atoms with Gasteiger partial charge in [-0.2, -0.15) is 0 Å². The lowest BCUT2D eigenvalue weighted by atomic mass is 9.92. The van der Waals surface area contributed by atoms with Crippen molar-refractivity contribution >= 4 is 45.4 Å². The number of carbonyl (C=O) groups is 4. The van der Waals surface area contributed by atoms with Crippen LogP contribution >= 0.6 is 0 Å². The summed E-state index contributed by atoms with van der Waals surface area (Å²) in [5, 5.41) is 4.44. The van der Waals surface area contributed by atoms with Crippen molar-refractivity contribution in [3.63, 3.8) is 0 Å². The summed E-state index contributed by atoms with van der Waals surface area (Å²) >= 11 is 0. The summed E-state index contributed by atoms with van der Waals surface area (Å²) in [4.78, 5) is 62.9. The third-order valence-electron chi connectivity index (χ3n) is 9.92. The van der Waals surface area contributed by atoms with Crippen molar-refractivity contribution in [3.05, 3.63) is 114 Å². The van der Waals surface area contributed by atoms with E-state index in [1.54, 1.807) is 12.3 Å². The molecule has 3 aromatic carbocycles. The number of rotatable bonds is 8. The molecular formula is C42H31N5O7. The lowest BCUT2D eigenvalue weighted by Crippen LogP contribution is -2.54. The molecule has 1 saturated carbocycles. The van der Waals surface area contributed by atoms with Crippen LogP contribution in [0.15, 0.2) is 97.5 Å². The number of H-pyrrole nitrogens is 1. The van der Waals surface area contributed by atoms with Crippen molar-refractivity contribution in [1.82, 2.24) is 25.2 Å². The van der Waals surface area contributed by atoms with Gasteiger partial charge in [-0.05, 0) is 72.6 Å². The van der Waals surface area contributed by atoms with E-state index in [0.29, 0.717) is 11.6 Å². The van der Waals surface area contributed by atoms with E-state index in [1.807, 2.05) is 54.9 Å². The van der Waals surface area contributed by atoms with Crippen LogP contribution in [-0.2, 0) is 9.59 Å². The first-order valence-electron chi connectivity index (χ1n) is 17.6. The van der Waals surface area contributed by atoms with Gasteiger partial charge in [0.1, 0.15) is 36.4 Å². The number of hydrogen-bond acceptors (Lipinski definition) is 9. The van der Waals surface area contributed by atoms with E-state index in [4.69, 9.17) is 14.2 Å². The molecule has 12 heteroatoms. The lowest BCUT2D eigenvalue weighted by Gasteiger charge is -2.35. The molecule has 1 unspecified atom stereocenters. The molecule has 5 heterocycles. The second-order valence-electron chi connectivity index (χ2n) is 13.4. The standard InChI is InChI=1S/C42H31N5O7/c48-38-13-12-37(40(49)46-38)47-41(50)32-11-9-28(21-33(32)42(47)51)52-17-1-2-24-3-7-27(8-4-24)53-29-19-30(20-29)54-39-14-6-26(22-44-39)25-5-10-31-34-23-43-16-15-35(34)45-36(31)18-25/h3-11,14-16,18,21-23,29-30,37,45H,12-13,17,19-20H2,(H,46,48,49)/t29-,30-,37?. The fraction of sp³-hybridized carbons (Fsp3) is 0.190. The molecule has 0 bridgehead atoms. The van der Waals surface area contributed by atoms with Crippen LogP contribution in [0.25, 0.3) is 32.9 Å². The number of aromatic nitrogens is 3. The van der Waals surface area contributed by atoms with Gasteiger partial charge in [0.15, 0.2) is 0 Å². The second-order valence-corrected chi connectivity index (χ2v) is 13.4. The van der Waals surface area contributed by atoms with Crippen molar-refractivity contribution in [2.75, 3.05) is 6.61 Å². The first-order valence-corrected chi connectivity index (χ1v) is 17.6. The van der Waals surface area contributed by atoms with Gasteiger partial charge < -0.3 is 19.2 Å². The SMILES string of the molecule is O=C1CCC(N2C(=O)c3ccc(OCC#Cc4ccc(O[C@H]5C[C@H](Oc6ccc(-c7ccc8c(c7)[nH]c7ccncc78)cn6)C5)cc4)cc3C2=O)C(=O)N1. The Hall–Kier alpha value is -7.00. The minimum Gasteiger partial charge on any atom is -0.490 e. The predicted molar refractivity (Wildman–Crippen MR) is 197 cm³/mol. The number of piperidine rings is 1. The average Bonchev–Trinajstić information content (AvgIpc) is 3.66. The minimum absolute atomic E-state index is 0.0309. The van der Waals surface area contributed by atoms with Crippen molar-refractivity contribution < 1.29 is 33.4 Å². The van der Waals surface area contributed by atoms with Gasteiger partial charge in [-0.1, -0.05) is 24.0 Å². The average molecular weight is 718 g/mol. The molecule has 2 aliphatic heterocycles. The number of aromatic amines is 1. The summed E-state index contributed by atoms with van der Waals surface area (Å²) in [6.07, 6.45) is 7.24. The van der Waals surface area contributed by atoms with Gasteiger partial charge in [0.2, 0.25) is 17.7 Å².